The zero-order chi connectivity index (χ0) is 13.6. The largest absolute Gasteiger partial charge is 0.384 e. The first kappa shape index (κ1) is 12.7. The van der Waals surface area contributed by atoms with Crippen molar-refractivity contribution in [3.05, 3.63) is 11.9 Å². The molecule has 0 aromatic carbocycles. The van der Waals surface area contributed by atoms with E-state index >= 15 is 0 Å². The van der Waals surface area contributed by atoms with Gasteiger partial charge in [-0.1, -0.05) is 0 Å². The lowest BCUT2D eigenvalue weighted by molar-refractivity contribution is 0.566. The predicted molar refractivity (Wildman–Crippen MR) is 73.9 cm³/mol. The van der Waals surface area contributed by atoms with Crippen molar-refractivity contribution >= 4 is 21.5 Å². The summed E-state index contributed by atoms with van der Waals surface area (Å²) in [6.07, 6.45) is 2.24. The Kier molecular flexibility index (Phi) is 2.88. The van der Waals surface area contributed by atoms with Gasteiger partial charge in [-0.3, -0.25) is 0 Å². The van der Waals surface area contributed by atoms with Crippen molar-refractivity contribution in [1.29, 1.82) is 0 Å². The molecule has 1 aromatic rings. The van der Waals surface area contributed by atoms with Crippen LogP contribution in [0.3, 0.4) is 0 Å². The van der Waals surface area contributed by atoms with E-state index in [1.165, 1.54) is 0 Å². The van der Waals surface area contributed by atoms with Gasteiger partial charge in [-0.25, -0.2) is 18.4 Å². The summed E-state index contributed by atoms with van der Waals surface area (Å²) in [7, 11) is -2.91. The summed E-state index contributed by atoms with van der Waals surface area (Å²) in [5.41, 5.74) is 5.83. The van der Waals surface area contributed by atoms with Crippen molar-refractivity contribution in [1.82, 2.24) is 9.97 Å². The second-order valence-electron chi connectivity index (χ2n) is 5.44. The van der Waals surface area contributed by atoms with E-state index in [1.54, 1.807) is 6.07 Å². The number of hydrogen-bond donors (Lipinski definition) is 1. The average Bonchev–Trinajstić information content (AvgIpc) is 3.10. The zero-order valence-corrected chi connectivity index (χ0v) is 11.7. The van der Waals surface area contributed by atoms with Gasteiger partial charge < -0.3 is 10.6 Å². The first-order chi connectivity index (χ1) is 8.94. The van der Waals surface area contributed by atoms with E-state index in [4.69, 9.17) is 5.73 Å². The molecule has 7 heteroatoms. The third kappa shape index (κ3) is 2.65. The molecule has 1 aliphatic heterocycles. The van der Waals surface area contributed by atoms with Gasteiger partial charge in [-0.15, -0.1) is 0 Å². The van der Waals surface area contributed by atoms with Gasteiger partial charge in [0.15, 0.2) is 9.84 Å². The minimum Gasteiger partial charge on any atom is -0.384 e. The molecule has 0 bridgehead atoms. The summed E-state index contributed by atoms with van der Waals surface area (Å²) >= 11 is 0. The zero-order valence-electron chi connectivity index (χ0n) is 10.9. The van der Waals surface area contributed by atoms with Crippen LogP contribution in [-0.4, -0.2) is 42.5 Å². The quantitative estimate of drug-likeness (QED) is 0.852. The summed E-state index contributed by atoms with van der Waals surface area (Å²) in [4.78, 5) is 10.8. The molecule has 2 fully saturated rings. The average molecular weight is 282 g/mol. The Morgan fingerprint density at radius 1 is 1.37 bits per heavy atom. The fraction of sp³-hybridized carbons (Fsp3) is 0.667. The Balaban J connectivity index is 1.89. The summed E-state index contributed by atoms with van der Waals surface area (Å²) in [5.74, 6) is 2.82. The number of anilines is 2. The Morgan fingerprint density at radius 2 is 2.11 bits per heavy atom. The van der Waals surface area contributed by atoms with Crippen LogP contribution in [0, 0.1) is 0 Å². The van der Waals surface area contributed by atoms with Crippen molar-refractivity contribution in [2.24, 2.45) is 0 Å². The number of rotatable bonds is 2. The lowest BCUT2D eigenvalue weighted by Gasteiger charge is -2.34. The van der Waals surface area contributed by atoms with Crippen LogP contribution in [0.15, 0.2) is 6.07 Å². The van der Waals surface area contributed by atoms with Crippen LogP contribution in [0.25, 0.3) is 0 Å². The third-order valence-corrected chi connectivity index (χ3v) is 5.45. The molecule has 0 spiro atoms. The monoisotopic (exact) mass is 282 g/mol. The molecule has 6 nitrogen and oxygen atoms in total. The number of nitrogens with zero attached hydrogens (tertiary/aromatic N) is 3. The number of sulfone groups is 1. The van der Waals surface area contributed by atoms with Gasteiger partial charge in [0.25, 0.3) is 0 Å². The normalized spacial score (nSPS) is 26.4. The first-order valence-electron chi connectivity index (χ1n) is 6.56. The van der Waals surface area contributed by atoms with Crippen molar-refractivity contribution < 1.29 is 8.42 Å². The molecule has 3 rings (SSSR count). The smallest absolute Gasteiger partial charge is 0.154 e. The lowest BCUT2D eigenvalue weighted by Crippen LogP contribution is -2.47. The third-order valence-electron chi connectivity index (χ3n) is 3.66. The molecular weight excluding hydrogens is 264 g/mol. The molecule has 1 saturated carbocycles. The van der Waals surface area contributed by atoms with Crippen LogP contribution in [0.5, 0.6) is 0 Å². The van der Waals surface area contributed by atoms with Crippen molar-refractivity contribution in [3.8, 4) is 0 Å². The molecule has 1 atom stereocenters. The van der Waals surface area contributed by atoms with Crippen LogP contribution in [0.2, 0.25) is 0 Å². The number of aromatic nitrogens is 2. The molecule has 0 radical (unpaired) electrons. The fourth-order valence-electron chi connectivity index (χ4n) is 2.48. The van der Waals surface area contributed by atoms with Gasteiger partial charge in [0.2, 0.25) is 0 Å². The maximum absolute atomic E-state index is 11.6. The molecule has 104 valence electrons. The summed E-state index contributed by atoms with van der Waals surface area (Å²) < 4.78 is 23.2. The van der Waals surface area contributed by atoms with E-state index in [0.29, 0.717) is 18.3 Å². The van der Waals surface area contributed by atoms with Crippen LogP contribution in [0.1, 0.15) is 31.5 Å². The van der Waals surface area contributed by atoms with Crippen LogP contribution in [0.4, 0.5) is 11.6 Å². The summed E-state index contributed by atoms with van der Waals surface area (Å²) in [6, 6.07) is 1.67. The Hall–Kier alpha value is -1.37. The second kappa shape index (κ2) is 4.33. The second-order valence-corrected chi connectivity index (χ2v) is 7.67. The summed E-state index contributed by atoms with van der Waals surface area (Å²) in [6.45, 7) is 2.38. The Bertz CT molecular complexity index is 598. The molecule has 1 aliphatic carbocycles. The SMILES string of the molecule is CC1CS(=O)(=O)CCN1c1cc(N)nc(C2CC2)n1. The van der Waals surface area contributed by atoms with E-state index in [2.05, 4.69) is 9.97 Å². The number of nitrogens with two attached hydrogens (primary N) is 1. The van der Waals surface area contributed by atoms with E-state index in [0.717, 1.165) is 24.5 Å². The minimum absolute atomic E-state index is 0.0693. The highest BCUT2D eigenvalue weighted by Gasteiger charge is 2.31. The van der Waals surface area contributed by atoms with Gasteiger partial charge in [-0.05, 0) is 19.8 Å². The van der Waals surface area contributed by atoms with Gasteiger partial charge >= 0.3 is 0 Å². The molecule has 2 aliphatic rings. The Morgan fingerprint density at radius 3 is 2.74 bits per heavy atom. The van der Waals surface area contributed by atoms with Gasteiger partial charge in [0.1, 0.15) is 17.5 Å². The fourth-order valence-corrected chi connectivity index (χ4v) is 4.04. The van der Waals surface area contributed by atoms with Gasteiger partial charge in [-0.2, -0.15) is 0 Å². The van der Waals surface area contributed by atoms with Crippen LogP contribution < -0.4 is 10.6 Å². The molecular formula is C12H18N4O2S. The first-order valence-corrected chi connectivity index (χ1v) is 8.38. The van der Waals surface area contributed by atoms with Crippen molar-refractivity contribution in [3.63, 3.8) is 0 Å². The highest BCUT2D eigenvalue weighted by molar-refractivity contribution is 7.91. The van der Waals surface area contributed by atoms with E-state index in [-0.39, 0.29) is 17.5 Å². The molecule has 2 N–H and O–H groups in total. The Labute approximate surface area is 113 Å². The van der Waals surface area contributed by atoms with Gasteiger partial charge in [0, 0.05) is 24.6 Å². The van der Waals surface area contributed by atoms with E-state index in [1.807, 2.05) is 11.8 Å². The highest BCUT2D eigenvalue weighted by Crippen LogP contribution is 2.39. The number of hydrogen-bond acceptors (Lipinski definition) is 6. The highest BCUT2D eigenvalue weighted by atomic mass is 32.2. The van der Waals surface area contributed by atoms with E-state index in [9.17, 15) is 8.42 Å². The lowest BCUT2D eigenvalue weighted by atomic mass is 10.3. The molecule has 1 unspecified atom stereocenters. The minimum atomic E-state index is -2.91. The molecule has 0 amide bonds. The van der Waals surface area contributed by atoms with Crippen LogP contribution >= 0.6 is 0 Å². The molecule has 19 heavy (non-hydrogen) atoms. The van der Waals surface area contributed by atoms with Crippen LogP contribution in [-0.2, 0) is 9.84 Å². The van der Waals surface area contributed by atoms with Crippen molar-refractivity contribution in [2.75, 3.05) is 28.7 Å². The molecule has 1 aromatic heterocycles. The molecule has 2 heterocycles. The van der Waals surface area contributed by atoms with E-state index < -0.39 is 9.84 Å². The number of nitrogen functional groups attached to an aromatic ring is 1. The standard InChI is InChI=1S/C12H18N4O2S/c1-8-7-19(17,18)5-4-16(8)11-6-10(13)14-12(15-11)9-2-3-9/h6,8-9H,2-5,7H2,1H3,(H2,13,14,15). The van der Waals surface area contributed by atoms with Crippen molar-refractivity contribution in [2.45, 2.75) is 31.7 Å². The molecule has 1 saturated heterocycles. The topological polar surface area (TPSA) is 89.2 Å². The summed E-state index contributed by atoms with van der Waals surface area (Å²) in [5, 5.41) is 0. The maximum Gasteiger partial charge on any atom is 0.154 e. The predicted octanol–water partition coefficient (Wildman–Crippen LogP) is 0.559. The maximum atomic E-state index is 11.6. The van der Waals surface area contributed by atoms with Gasteiger partial charge in [0.05, 0.1) is 11.5 Å².